The van der Waals surface area contributed by atoms with Gasteiger partial charge in [0, 0.05) is 25.3 Å². The lowest BCUT2D eigenvalue weighted by atomic mass is 10.1. The molecule has 0 saturated carbocycles. The summed E-state index contributed by atoms with van der Waals surface area (Å²) in [6.45, 7) is 1.32. The fourth-order valence-electron chi connectivity index (χ4n) is 2.77. The highest BCUT2D eigenvalue weighted by Gasteiger charge is 2.32. The molecule has 3 heterocycles. The smallest absolute Gasteiger partial charge is 0.238 e. The Hall–Kier alpha value is -2.17. The van der Waals surface area contributed by atoms with Crippen LogP contribution in [0.25, 0.3) is 0 Å². The molecule has 0 aromatic carbocycles. The van der Waals surface area contributed by atoms with E-state index in [2.05, 4.69) is 27.3 Å². The number of carbonyl (C=O) groups is 1. The number of nitrogens with zero attached hydrogens (tertiary/aromatic N) is 3. The van der Waals surface area contributed by atoms with E-state index in [1.807, 2.05) is 18.2 Å². The molecular weight excluding hydrogens is 268 g/mol. The van der Waals surface area contributed by atoms with Crippen LogP contribution in [0, 0.1) is 11.5 Å². The lowest BCUT2D eigenvalue weighted by Crippen LogP contribution is -2.47. The van der Waals surface area contributed by atoms with Gasteiger partial charge in [-0.2, -0.15) is 5.26 Å². The van der Waals surface area contributed by atoms with Crippen molar-refractivity contribution in [1.29, 1.82) is 5.26 Å². The van der Waals surface area contributed by atoms with Gasteiger partial charge in [-0.1, -0.05) is 6.07 Å². The molecule has 0 aliphatic carbocycles. The third-order valence-electron chi connectivity index (χ3n) is 3.94. The molecule has 2 saturated heterocycles. The Morgan fingerprint density at radius 1 is 1.48 bits per heavy atom. The maximum absolute atomic E-state index is 12.2. The lowest BCUT2D eigenvalue weighted by molar-refractivity contribution is -0.123. The normalized spacial score (nSPS) is 28.3. The van der Waals surface area contributed by atoms with Gasteiger partial charge in [0.15, 0.2) is 6.19 Å². The minimum absolute atomic E-state index is 0.0225. The first-order valence-electron chi connectivity index (χ1n) is 7.13. The van der Waals surface area contributed by atoms with Crippen LogP contribution in [0.2, 0.25) is 0 Å². The molecule has 3 N–H and O–H groups in total. The van der Waals surface area contributed by atoms with Gasteiger partial charge in [0.25, 0.3) is 0 Å². The van der Waals surface area contributed by atoms with Crippen LogP contribution in [0.15, 0.2) is 24.4 Å². The Balaban J connectivity index is 1.52. The van der Waals surface area contributed by atoms with E-state index in [9.17, 15) is 4.79 Å². The van der Waals surface area contributed by atoms with E-state index in [1.165, 1.54) is 0 Å². The van der Waals surface area contributed by atoms with E-state index < -0.39 is 0 Å². The maximum Gasteiger partial charge on any atom is 0.238 e. The summed E-state index contributed by atoms with van der Waals surface area (Å²) in [5.41, 5.74) is 7.06. The van der Waals surface area contributed by atoms with Gasteiger partial charge in [-0.3, -0.25) is 9.78 Å². The van der Waals surface area contributed by atoms with Gasteiger partial charge in [-0.25, -0.2) is 10.9 Å². The van der Waals surface area contributed by atoms with Crippen molar-refractivity contribution >= 4 is 5.91 Å². The minimum Gasteiger partial charge on any atom is -0.350 e. The van der Waals surface area contributed by atoms with E-state index in [0.717, 1.165) is 12.1 Å². The van der Waals surface area contributed by atoms with Crippen molar-refractivity contribution in [3.63, 3.8) is 0 Å². The fourth-order valence-corrected chi connectivity index (χ4v) is 2.77. The first-order chi connectivity index (χ1) is 10.3. The topological polar surface area (TPSA) is 93.1 Å². The summed E-state index contributed by atoms with van der Waals surface area (Å²) in [5, 5.41) is 11.8. The summed E-state index contributed by atoms with van der Waals surface area (Å²) in [7, 11) is 0. The summed E-state index contributed by atoms with van der Waals surface area (Å²) >= 11 is 0. The zero-order valence-electron chi connectivity index (χ0n) is 11.6. The molecule has 21 heavy (non-hydrogen) atoms. The average molecular weight is 286 g/mol. The summed E-state index contributed by atoms with van der Waals surface area (Å²) in [5.74, 6) is -0.0225. The number of aromatic nitrogens is 1. The van der Waals surface area contributed by atoms with E-state index >= 15 is 0 Å². The van der Waals surface area contributed by atoms with Gasteiger partial charge in [0.05, 0.1) is 11.7 Å². The third kappa shape index (κ3) is 3.12. The molecule has 0 radical (unpaired) electrons. The molecule has 0 bridgehead atoms. The highest BCUT2D eigenvalue weighted by molar-refractivity contribution is 5.82. The standard InChI is InChI=1S/C14H18N6O/c15-9-20-6-4-10(8-20)17-14(21)13-7-12(18-19-13)11-3-1-2-5-16-11/h1-3,5,10,12-13,18-19H,4,6-8H2,(H,17,21)/t10-,12?,13?/m1/s1. The van der Waals surface area contributed by atoms with Crippen LogP contribution in [0.1, 0.15) is 24.6 Å². The Morgan fingerprint density at radius 2 is 2.38 bits per heavy atom. The highest BCUT2D eigenvalue weighted by atomic mass is 16.2. The highest BCUT2D eigenvalue weighted by Crippen LogP contribution is 2.20. The first-order valence-corrected chi connectivity index (χ1v) is 7.13. The monoisotopic (exact) mass is 286 g/mol. The molecule has 1 aromatic rings. The van der Waals surface area contributed by atoms with Gasteiger partial charge in [-0.15, -0.1) is 0 Å². The van der Waals surface area contributed by atoms with Crippen molar-refractivity contribution in [2.45, 2.75) is 31.0 Å². The number of hydrazine groups is 1. The van der Waals surface area contributed by atoms with Crippen LogP contribution >= 0.6 is 0 Å². The maximum atomic E-state index is 12.2. The van der Waals surface area contributed by atoms with Crippen molar-refractivity contribution in [1.82, 2.24) is 26.1 Å². The van der Waals surface area contributed by atoms with Gasteiger partial charge >= 0.3 is 0 Å². The SMILES string of the molecule is N#CN1CC[C@@H](NC(=O)C2CC(c3ccccn3)NN2)C1. The van der Waals surface area contributed by atoms with E-state index in [1.54, 1.807) is 11.1 Å². The number of nitrogens with one attached hydrogen (secondary N) is 3. The first kappa shape index (κ1) is 13.8. The predicted octanol–water partition coefficient (Wildman–Crippen LogP) is -0.339. The Labute approximate surface area is 123 Å². The summed E-state index contributed by atoms with van der Waals surface area (Å²) in [6, 6.07) is 5.59. The number of hydrogen-bond acceptors (Lipinski definition) is 6. The molecule has 1 aromatic heterocycles. The molecular formula is C14H18N6O. The van der Waals surface area contributed by atoms with E-state index in [4.69, 9.17) is 5.26 Å². The molecule has 7 heteroatoms. The number of amides is 1. The van der Waals surface area contributed by atoms with Crippen LogP contribution in [-0.4, -0.2) is 41.0 Å². The minimum atomic E-state index is -0.270. The second-order valence-corrected chi connectivity index (χ2v) is 5.42. The van der Waals surface area contributed by atoms with Crippen molar-refractivity contribution in [3.8, 4) is 6.19 Å². The van der Waals surface area contributed by atoms with Crippen molar-refractivity contribution in [2.24, 2.45) is 0 Å². The Morgan fingerprint density at radius 3 is 3.10 bits per heavy atom. The van der Waals surface area contributed by atoms with Crippen LogP contribution < -0.4 is 16.2 Å². The van der Waals surface area contributed by atoms with Crippen LogP contribution in [-0.2, 0) is 4.79 Å². The summed E-state index contributed by atoms with van der Waals surface area (Å²) in [4.78, 5) is 18.2. The molecule has 3 atom stereocenters. The van der Waals surface area contributed by atoms with Gasteiger partial charge in [0.1, 0.15) is 6.04 Å². The summed E-state index contributed by atoms with van der Waals surface area (Å²) < 4.78 is 0. The number of rotatable bonds is 3. The van der Waals surface area contributed by atoms with E-state index in [-0.39, 0.29) is 24.0 Å². The largest absolute Gasteiger partial charge is 0.350 e. The molecule has 2 aliphatic rings. The number of carbonyl (C=O) groups excluding carboxylic acids is 1. The van der Waals surface area contributed by atoms with Gasteiger partial charge in [0.2, 0.25) is 5.91 Å². The van der Waals surface area contributed by atoms with Crippen LogP contribution in [0.5, 0.6) is 0 Å². The molecule has 1 amide bonds. The zero-order chi connectivity index (χ0) is 14.7. The quantitative estimate of drug-likeness (QED) is 0.658. The van der Waals surface area contributed by atoms with Gasteiger partial charge < -0.3 is 10.2 Å². The van der Waals surface area contributed by atoms with E-state index in [0.29, 0.717) is 19.5 Å². The van der Waals surface area contributed by atoms with Crippen LogP contribution in [0.3, 0.4) is 0 Å². The second-order valence-electron chi connectivity index (χ2n) is 5.42. The molecule has 0 spiro atoms. The Kier molecular flexibility index (Phi) is 3.99. The number of likely N-dealkylation sites (tertiary alicyclic amines) is 1. The number of hydrogen-bond donors (Lipinski definition) is 3. The van der Waals surface area contributed by atoms with Gasteiger partial charge in [-0.05, 0) is 25.0 Å². The van der Waals surface area contributed by atoms with Crippen molar-refractivity contribution < 1.29 is 4.79 Å². The summed E-state index contributed by atoms with van der Waals surface area (Å²) in [6.07, 6.45) is 5.35. The molecule has 7 nitrogen and oxygen atoms in total. The van der Waals surface area contributed by atoms with Crippen molar-refractivity contribution in [3.05, 3.63) is 30.1 Å². The molecule has 2 aliphatic heterocycles. The van der Waals surface area contributed by atoms with Crippen LogP contribution in [0.4, 0.5) is 0 Å². The molecule has 3 rings (SSSR count). The molecule has 2 fully saturated rings. The number of nitriles is 1. The van der Waals surface area contributed by atoms with Crippen molar-refractivity contribution in [2.75, 3.05) is 13.1 Å². The average Bonchev–Trinajstić information content (AvgIpc) is 3.17. The number of pyridine rings is 1. The predicted molar refractivity (Wildman–Crippen MR) is 75.4 cm³/mol. The molecule has 110 valence electrons. The zero-order valence-corrected chi connectivity index (χ0v) is 11.6. The third-order valence-corrected chi connectivity index (χ3v) is 3.94. The fraction of sp³-hybridized carbons (Fsp3) is 0.500. The lowest BCUT2D eigenvalue weighted by Gasteiger charge is -2.15. The molecule has 2 unspecified atom stereocenters. The second kappa shape index (κ2) is 6.08. The Bertz CT molecular complexity index is 542.